The highest BCUT2D eigenvalue weighted by Gasteiger charge is 2.08. The molecule has 0 spiro atoms. The Kier molecular flexibility index (Phi) is 4.27. The van der Waals surface area contributed by atoms with Crippen LogP contribution in [-0.4, -0.2) is 31.8 Å². The molecule has 0 amide bonds. The summed E-state index contributed by atoms with van der Waals surface area (Å²) in [5.74, 6) is -0.316. The van der Waals surface area contributed by atoms with E-state index in [1.165, 1.54) is 4.57 Å². The van der Waals surface area contributed by atoms with Crippen LogP contribution in [0.3, 0.4) is 0 Å². The Bertz CT molecular complexity index is 600. The van der Waals surface area contributed by atoms with Gasteiger partial charge in [0.05, 0.1) is 5.52 Å². The van der Waals surface area contributed by atoms with Gasteiger partial charge in [0.15, 0.2) is 5.58 Å². The second-order valence-electron chi connectivity index (χ2n) is 4.81. The lowest BCUT2D eigenvalue weighted by atomic mass is 10.2. The summed E-state index contributed by atoms with van der Waals surface area (Å²) in [5.41, 5.74) is 2.55. The molecule has 0 bridgehead atoms. The van der Waals surface area contributed by atoms with Crippen LogP contribution in [0.5, 0.6) is 0 Å². The molecule has 0 aliphatic rings. The Morgan fingerprint density at radius 3 is 2.89 bits per heavy atom. The summed E-state index contributed by atoms with van der Waals surface area (Å²) in [6.45, 7) is 2.03. The molecule has 2 rings (SSSR count). The largest absolute Gasteiger partial charge is 0.419 e. The van der Waals surface area contributed by atoms with Crippen molar-refractivity contribution in [1.82, 2.24) is 9.88 Å². The summed E-state index contributed by atoms with van der Waals surface area (Å²) in [6.07, 6.45) is 2.29. The summed E-state index contributed by atoms with van der Waals surface area (Å²) in [4.78, 5) is 13.6. The Hall–Kier alpha value is -1.75. The zero-order valence-electron chi connectivity index (χ0n) is 11.8. The highest BCUT2D eigenvalue weighted by Crippen LogP contribution is 2.20. The monoisotopic (exact) mass is 263 g/mol. The average Bonchev–Trinajstić information content (AvgIpc) is 2.69. The lowest BCUT2D eigenvalue weighted by Gasteiger charge is -2.19. The molecule has 1 aromatic heterocycles. The predicted molar refractivity (Wildman–Crippen MR) is 77.9 cm³/mol. The van der Waals surface area contributed by atoms with Crippen molar-refractivity contribution >= 4 is 16.8 Å². The summed E-state index contributed by atoms with van der Waals surface area (Å²) in [6, 6.07) is 5.88. The normalized spacial score (nSPS) is 11.1. The van der Waals surface area contributed by atoms with Crippen LogP contribution in [0.25, 0.3) is 11.1 Å². The van der Waals surface area contributed by atoms with E-state index in [-0.39, 0.29) is 5.76 Å². The van der Waals surface area contributed by atoms with Crippen LogP contribution in [0.15, 0.2) is 27.4 Å². The highest BCUT2D eigenvalue weighted by atomic mass is 16.4. The molecular formula is C14H21N3O2. The molecule has 0 saturated heterocycles. The number of aryl methyl sites for hydroxylation is 1. The minimum Gasteiger partial charge on any atom is -0.408 e. The van der Waals surface area contributed by atoms with Crippen molar-refractivity contribution in [2.45, 2.75) is 12.8 Å². The molecule has 1 heterocycles. The van der Waals surface area contributed by atoms with Crippen LogP contribution in [0.4, 0.5) is 5.69 Å². The van der Waals surface area contributed by atoms with Gasteiger partial charge >= 0.3 is 5.76 Å². The molecule has 0 atom stereocenters. The maximum atomic E-state index is 11.4. The van der Waals surface area contributed by atoms with E-state index in [1.807, 2.05) is 25.2 Å². The number of unbranched alkanes of at least 4 members (excludes halogenated alkanes) is 1. The Morgan fingerprint density at radius 2 is 2.16 bits per heavy atom. The first-order chi connectivity index (χ1) is 9.13. The number of benzene rings is 1. The maximum absolute atomic E-state index is 11.4. The lowest BCUT2D eigenvalue weighted by molar-refractivity contribution is 0.528. The van der Waals surface area contributed by atoms with E-state index < -0.39 is 0 Å². The number of fused-ring (bicyclic) bond motifs is 1. The molecule has 0 aliphatic heterocycles. The van der Waals surface area contributed by atoms with Crippen molar-refractivity contribution < 1.29 is 4.42 Å². The van der Waals surface area contributed by atoms with Gasteiger partial charge in [0.25, 0.3) is 0 Å². The fourth-order valence-electron chi connectivity index (χ4n) is 2.14. The average molecular weight is 263 g/mol. The number of nitrogens with one attached hydrogen (secondary N) is 1. The van der Waals surface area contributed by atoms with Gasteiger partial charge in [-0.1, -0.05) is 0 Å². The van der Waals surface area contributed by atoms with Crippen molar-refractivity contribution in [1.29, 1.82) is 0 Å². The molecule has 5 nitrogen and oxygen atoms in total. The first-order valence-corrected chi connectivity index (χ1v) is 6.59. The van der Waals surface area contributed by atoms with Gasteiger partial charge in [-0.2, -0.15) is 0 Å². The Balaban J connectivity index is 2.10. The topological polar surface area (TPSA) is 50.4 Å². The minimum absolute atomic E-state index is 0.316. The SMILES string of the molecule is CNCCCCN(C)c1ccc2c(c1)oc(=O)n2C. The molecule has 0 radical (unpaired) electrons. The van der Waals surface area contributed by atoms with Gasteiger partial charge < -0.3 is 14.6 Å². The quantitative estimate of drug-likeness (QED) is 0.804. The summed E-state index contributed by atoms with van der Waals surface area (Å²) in [7, 11) is 5.74. The van der Waals surface area contributed by atoms with E-state index in [0.717, 1.165) is 37.1 Å². The molecule has 0 unspecified atom stereocenters. The summed E-state index contributed by atoms with van der Waals surface area (Å²) < 4.78 is 6.72. The van der Waals surface area contributed by atoms with Crippen LogP contribution in [0.2, 0.25) is 0 Å². The van der Waals surface area contributed by atoms with E-state index in [2.05, 4.69) is 17.3 Å². The molecule has 19 heavy (non-hydrogen) atoms. The number of oxazole rings is 1. The van der Waals surface area contributed by atoms with Gasteiger partial charge in [-0.15, -0.1) is 0 Å². The van der Waals surface area contributed by atoms with Gasteiger partial charge in [0, 0.05) is 32.4 Å². The van der Waals surface area contributed by atoms with Crippen molar-refractivity contribution in [3.8, 4) is 0 Å². The molecule has 104 valence electrons. The number of hydrogen-bond donors (Lipinski definition) is 1. The van der Waals surface area contributed by atoms with Crippen LogP contribution >= 0.6 is 0 Å². The second-order valence-corrected chi connectivity index (χ2v) is 4.81. The second kappa shape index (κ2) is 5.93. The zero-order valence-corrected chi connectivity index (χ0v) is 11.8. The van der Waals surface area contributed by atoms with E-state index in [4.69, 9.17) is 4.42 Å². The van der Waals surface area contributed by atoms with Gasteiger partial charge in [0.2, 0.25) is 0 Å². The first-order valence-electron chi connectivity index (χ1n) is 6.59. The third kappa shape index (κ3) is 2.98. The molecule has 1 aromatic carbocycles. The smallest absolute Gasteiger partial charge is 0.408 e. The van der Waals surface area contributed by atoms with Crippen LogP contribution in [0, 0.1) is 0 Å². The lowest BCUT2D eigenvalue weighted by Crippen LogP contribution is -2.19. The van der Waals surface area contributed by atoms with Crippen molar-refractivity contribution in [2.75, 3.05) is 32.1 Å². The molecule has 1 N–H and O–H groups in total. The molecular weight excluding hydrogens is 242 g/mol. The fraction of sp³-hybridized carbons (Fsp3) is 0.500. The van der Waals surface area contributed by atoms with Crippen LogP contribution < -0.4 is 16.0 Å². The molecule has 0 fully saturated rings. The Labute approximate surface area is 112 Å². The van der Waals surface area contributed by atoms with Gasteiger partial charge in [-0.3, -0.25) is 4.57 Å². The number of nitrogens with zero attached hydrogens (tertiary/aromatic N) is 2. The van der Waals surface area contributed by atoms with E-state index in [1.54, 1.807) is 7.05 Å². The predicted octanol–water partition coefficient (Wildman–Crippen LogP) is 1.57. The number of anilines is 1. The van der Waals surface area contributed by atoms with Crippen molar-refractivity contribution in [2.24, 2.45) is 7.05 Å². The van der Waals surface area contributed by atoms with E-state index in [9.17, 15) is 4.79 Å². The number of rotatable bonds is 6. The third-order valence-corrected chi connectivity index (χ3v) is 3.39. The maximum Gasteiger partial charge on any atom is 0.419 e. The standard InChI is InChI=1S/C14H21N3O2/c1-15-8-4-5-9-16(2)11-6-7-12-13(10-11)19-14(18)17(12)3/h6-7,10,15H,4-5,8-9H2,1-3H3. The molecule has 0 aliphatic carbocycles. The molecule has 5 heteroatoms. The first kappa shape index (κ1) is 13.7. The molecule has 2 aromatic rings. The highest BCUT2D eigenvalue weighted by molar-refractivity contribution is 5.77. The van der Waals surface area contributed by atoms with Crippen LogP contribution in [0.1, 0.15) is 12.8 Å². The minimum atomic E-state index is -0.316. The van der Waals surface area contributed by atoms with Crippen molar-refractivity contribution in [3.05, 3.63) is 28.7 Å². The van der Waals surface area contributed by atoms with Gasteiger partial charge in [0.1, 0.15) is 0 Å². The van der Waals surface area contributed by atoms with E-state index >= 15 is 0 Å². The fourth-order valence-corrected chi connectivity index (χ4v) is 2.14. The van der Waals surface area contributed by atoms with Crippen LogP contribution in [-0.2, 0) is 7.05 Å². The zero-order chi connectivity index (χ0) is 13.8. The number of hydrogen-bond acceptors (Lipinski definition) is 4. The molecule has 0 saturated carbocycles. The third-order valence-electron chi connectivity index (χ3n) is 3.39. The van der Waals surface area contributed by atoms with Crippen molar-refractivity contribution in [3.63, 3.8) is 0 Å². The number of aromatic nitrogens is 1. The van der Waals surface area contributed by atoms with Gasteiger partial charge in [-0.25, -0.2) is 4.79 Å². The van der Waals surface area contributed by atoms with Gasteiger partial charge in [-0.05, 0) is 38.6 Å². The summed E-state index contributed by atoms with van der Waals surface area (Å²) in [5, 5.41) is 3.14. The Morgan fingerprint density at radius 1 is 1.37 bits per heavy atom. The van der Waals surface area contributed by atoms with E-state index in [0.29, 0.717) is 5.58 Å². The summed E-state index contributed by atoms with van der Waals surface area (Å²) >= 11 is 0.